The maximum absolute atomic E-state index is 11.1. The number of amides is 1. The third-order valence-corrected chi connectivity index (χ3v) is 4.15. The highest BCUT2D eigenvalue weighted by Crippen LogP contribution is 2.30. The fourth-order valence-electron chi connectivity index (χ4n) is 2.21. The SMILES string of the molecule is CC(=O)Nc1cccc(Nc2nccc(-c3sc(N)nc3C)n2)c1. The number of benzene rings is 1. The predicted molar refractivity (Wildman–Crippen MR) is 96.3 cm³/mol. The molecule has 2 aromatic heterocycles. The van der Waals surface area contributed by atoms with Crippen LogP contribution in [-0.4, -0.2) is 20.9 Å². The molecule has 0 saturated carbocycles. The second kappa shape index (κ2) is 6.63. The van der Waals surface area contributed by atoms with Crippen LogP contribution in [0.25, 0.3) is 10.6 Å². The fraction of sp³-hybridized carbons (Fsp3) is 0.125. The van der Waals surface area contributed by atoms with E-state index in [1.54, 1.807) is 6.20 Å². The normalized spacial score (nSPS) is 10.4. The van der Waals surface area contributed by atoms with E-state index >= 15 is 0 Å². The van der Waals surface area contributed by atoms with Crippen molar-refractivity contribution in [3.05, 3.63) is 42.2 Å². The van der Waals surface area contributed by atoms with Gasteiger partial charge in [-0.15, -0.1) is 0 Å². The maximum atomic E-state index is 11.1. The van der Waals surface area contributed by atoms with Crippen LogP contribution in [-0.2, 0) is 4.79 Å². The van der Waals surface area contributed by atoms with E-state index in [0.717, 1.165) is 22.0 Å². The number of anilines is 4. The zero-order chi connectivity index (χ0) is 17.1. The van der Waals surface area contributed by atoms with E-state index in [1.165, 1.54) is 18.3 Å². The Labute approximate surface area is 143 Å². The molecular formula is C16H16N6OS. The number of hydrogen-bond donors (Lipinski definition) is 3. The van der Waals surface area contributed by atoms with Crippen LogP contribution >= 0.6 is 11.3 Å². The second-order valence-electron chi connectivity index (χ2n) is 5.12. The lowest BCUT2D eigenvalue weighted by molar-refractivity contribution is -0.114. The van der Waals surface area contributed by atoms with Gasteiger partial charge in [-0.3, -0.25) is 4.79 Å². The maximum Gasteiger partial charge on any atom is 0.227 e. The van der Waals surface area contributed by atoms with Gasteiger partial charge in [0.15, 0.2) is 5.13 Å². The molecule has 0 radical (unpaired) electrons. The molecule has 0 aliphatic heterocycles. The molecule has 24 heavy (non-hydrogen) atoms. The van der Waals surface area contributed by atoms with Crippen molar-refractivity contribution < 1.29 is 4.79 Å². The smallest absolute Gasteiger partial charge is 0.227 e. The minimum atomic E-state index is -0.122. The molecule has 0 atom stereocenters. The van der Waals surface area contributed by atoms with Crippen LogP contribution in [0.5, 0.6) is 0 Å². The zero-order valence-electron chi connectivity index (χ0n) is 13.2. The number of carbonyl (C=O) groups is 1. The van der Waals surface area contributed by atoms with Crippen molar-refractivity contribution in [1.29, 1.82) is 0 Å². The third-order valence-electron chi connectivity index (χ3n) is 3.14. The Morgan fingerprint density at radius 1 is 1.21 bits per heavy atom. The molecule has 0 fully saturated rings. The number of rotatable bonds is 4. The average Bonchev–Trinajstić information content (AvgIpc) is 2.86. The molecule has 0 bridgehead atoms. The molecule has 3 aromatic rings. The van der Waals surface area contributed by atoms with Gasteiger partial charge in [0.05, 0.1) is 16.3 Å². The van der Waals surface area contributed by atoms with Crippen molar-refractivity contribution in [2.45, 2.75) is 13.8 Å². The van der Waals surface area contributed by atoms with Gasteiger partial charge in [-0.25, -0.2) is 15.0 Å². The Balaban J connectivity index is 1.85. The number of nitrogens with zero attached hydrogens (tertiary/aromatic N) is 3. The Morgan fingerprint density at radius 2 is 2.00 bits per heavy atom. The van der Waals surface area contributed by atoms with Crippen molar-refractivity contribution in [3.8, 4) is 10.6 Å². The molecule has 0 spiro atoms. The highest BCUT2D eigenvalue weighted by molar-refractivity contribution is 7.18. The molecular weight excluding hydrogens is 324 g/mol. The lowest BCUT2D eigenvalue weighted by Crippen LogP contribution is -2.06. The van der Waals surface area contributed by atoms with E-state index in [4.69, 9.17) is 5.73 Å². The minimum Gasteiger partial charge on any atom is -0.375 e. The molecule has 4 N–H and O–H groups in total. The highest BCUT2D eigenvalue weighted by Gasteiger charge is 2.10. The lowest BCUT2D eigenvalue weighted by Gasteiger charge is -2.08. The van der Waals surface area contributed by atoms with Crippen molar-refractivity contribution >= 4 is 39.7 Å². The first-order chi connectivity index (χ1) is 11.5. The molecule has 0 aliphatic rings. The first-order valence-corrected chi connectivity index (χ1v) is 8.04. The van der Waals surface area contributed by atoms with Crippen molar-refractivity contribution in [3.63, 3.8) is 0 Å². The molecule has 7 nitrogen and oxygen atoms in total. The Bertz CT molecular complexity index is 892. The van der Waals surface area contributed by atoms with Crippen molar-refractivity contribution in [2.24, 2.45) is 0 Å². The molecule has 1 amide bonds. The number of nitrogens with two attached hydrogens (primary N) is 1. The summed E-state index contributed by atoms with van der Waals surface area (Å²) in [6.45, 7) is 3.37. The summed E-state index contributed by atoms with van der Waals surface area (Å²) in [6.07, 6.45) is 1.68. The van der Waals surface area contributed by atoms with Crippen LogP contribution in [0.1, 0.15) is 12.6 Å². The van der Waals surface area contributed by atoms with Gasteiger partial charge < -0.3 is 16.4 Å². The van der Waals surface area contributed by atoms with Gasteiger partial charge in [0.25, 0.3) is 0 Å². The predicted octanol–water partition coefficient (Wildman–Crippen LogP) is 3.19. The number of carbonyl (C=O) groups excluding carboxylic acids is 1. The van der Waals surface area contributed by atoms with Crippen molar-refractivity contribution in [1.82, 2.24) is 15.0 Å². The Morgan fingerprint density at radius 3 is 2.71 bits per heavy atom. The first-order valence-electron chi connectivity index (χ1n) is 7.22. The topological polar surface area (TPSA) is 106 Å². The van der Waals surface area contributed by atoms with Crippen LogP contribution in [0.2, 0.25) is 0 Å². The van der Waals surface area contributed by atoms with Crippen LogP contribution < -0.4 is 16.4 Å². The lowest BCUT2D eigenvalue weighted by atomic mass is 10.2. The molecule has 0 aliphatic carbocycles. The van der Waals surface area contributed by atoms with Gasteiger partial charge in [0.1, 0.15) is 0 Å². The third kappa shape index (κ3) is 3.66. The fourth-order valence-corrected chi connectivity index (χ4v) is 3.01. The van der Waals surface area contributed by atoms with Crippen molar-refractivity contribution in [2.75, 3.05) is 16.4 Å². The van der Waals surface area contributed by atoms with Crippen LogP contribution in [0.15, 0.2) is 36.5 Å². The number of thiazole rings is 1. The van der Waals surface area contributed by atoms with E-state index in [2.05, 4.69) is 25.6 Å². The first kappa shape index (κ1) is 15.9. The van der Waals surface area contributed by atoms with Gasteiger partial charge in [-0.2, -0.15) is 0 Å². The Hall–Kier alpha value is -3.00. The van der Waals surface area contributed by atoms with Gasteiger partial charge in [0.2, 0.25) is 11.9 Å². The van der Waals surface area contributed by atoms with Crippen LogP contribution in [0.3, 0.4) is 0 Å². The van der Waals surface area contributed by atoms with Gasteiger partial charge >= 0.3 is 0 Å². The summed E-state index contributed by atoms with van der Waals surface area (Å²) < 4.78 is 0. The highest BCUT2D eigenvalue weighted by atomic mass is 32.1. The standard InChI is InChI=1S/C16H16N6OS/c1-9-14(24-15(17)19-9)13-6-7-18-16(22-13)21-12-5-3-4-11(8-12)20-10(2)23/h3-8H,1-2H3,(H2,17,19)(H,20,23)(H,18,21,22). The second-order valence-corrected chi connectivity index (χ2v) is 6.15. The molecule has 2 heterocycles. The van der Waals surface area contributed by atoms with Crippen LogP contribution in [0.4, 0.5) is 22.5 Å². The molecule has 8 heteroatoms. The summed E-state index contributed by atoms with van der Waals surface area (Å²) in [6, 6.07) is 9.16. The number of aromatic nitrogens is 3. The van der Waals surface area contributed by atoms with E-state index in [9.17, 15) is 4.79 Å². The molecule has 122 valence electrons. The van der Waals surface area contributed by atoms with Gasteiger partial charge in [-0.1, -0.05) is 17.4 Å². The van der Waals surface area contributed by atoms with E-state index in [-0.39, 0.29) is 5.91 Å². The van der Waals surface area contributed by atoms with Gasteiger partial charge in [-0.05, 0) is 31.2 Å². The monoisotopic (exact) mass is 340 g/mol. The molecule has 0 saturated heterocycles. The van der Waals surface area contributed by atoms with Crippen LogP contribution in [0, 0.1) is 6.92 Å². The van der Waals surface area contributed by atoms with E-state index in [1.807, 2.05) is 37.3 Å². The summed E-state index contributed by atoms with van der Waals surface area (Å²) in [5, 5.41) is 6.38. The summed E-state index contributed by atoms with van der Waals surface area (Å²) >= 11 is 1.39. The van der Waals surface area contributed by atoms with E-state index < -0.39 is 0 Å². The number of hydrogen-bond acceptors (Lipinski definition) is 7. The number of aryl methyl sites for hydroxylation is 1. The quantitative estimate of drug-likeness (QED) is 0.673. The molecule has 0 unspecified atom stereocenters. The minimum absolute atomic E-state index is 0.122. The number of nitrogen functional groups attached to an aromatic ring is 1. The average molecular weight is 340 g/mol. The Kier molecular flexibility index (Phi) is 4.39. The largest absolute Gasteiger partial charge is 0.375 e. The summed E-state index contributed by atoms with van der Waals surface area (Å²) in [5.74, 6) is 0.336. The number of nitrogens with one attached hydrogen (secondary N) is 2. The van der Waals surface area contributed by atoms with E-state index in [0.29, 0.717) is 16.8 Å². The summed E-state index contributed by atoms with van der Waals surface area (Å²) in [4.78, 5) is 25.0. The molecule has 3 rings (SSSR count). The summed E-state index contributed by atoms with van der Waals surface area (Å²) in [5.41, 5.74) is 8.83. The summed E-state index contributed by atoms with van der Waals surface area (Å²) in [7, 11) is 0. The van der Waals surface area contributed by atoms with Gasteiger partial charge in [0, 0.05) is 24.5 Å². The molecule has 1 aromatic carbocycles. The zero-order valence-corrected chi connectivity index (χ0v) is 14.0.